The Morgan fingerprint density at radius 2 is 1.62 bits per heavy atom. The number of nitrogens with zero attached hydrogens (tertiary/aromatic N) is 2. The SMILES string of the molecule is CC1=C(C(=O)Nc2ccccc2)C(c2ccc(C#N)cc2)NC(=O)N1c1ccc(C)cc1. The number of carbonyl (C=O) groups excluding carboxylic acids is 2. The highest BCUT2D eigenvalue weighted by Crippen LogP contribution is 2.34. The Labute approximate surface area is 186 Å². The van der Waals surface area contributed by atoms with E-state index >= 15 is 0 Å². The van der Waals surface area contributed by atoms with Crippen molar-refractivity contribution in [1.82, 2.24) is 5.32 Å². The molecular formula is C26H22N4O2. The van der Waals surface area contributed by atoms with Gasteiger partial charge < -0.3 is 10.6 Å². The van der Waals surface area contributed by atoms with Crippen molar-refractivity contribution in [2.75, 3.05) is 10.2 Å². The molecule has 32 heavy (non-hydrogen) atoms. The molecular weight excluding hydrogens is 400 g/mol. The Balaban J connectivity index is 1.80. The molecule has 158 valence electrons. The first-order valence-corrected chi connectivity index (χ1v) is 10.2. The third kappa shape index (κ3) is 4.09. The van der Waals surface area contributed by atoms with E-state index in [2.05, 4.69) is 16.7 Å². The lowest BCUT2D eigenvalue weighted by Gasteiger charge is -2.36. The molecule has 0 saturated carbocycles. The maximum absolute atomic E-state index is 13.4. The maximum Gasteiger partial charge on any atom is 0.326 e. The summed E-state index contributed by atoms with van der Waals surface area (Å²) in [6, 6.07) is 24.7. The normalized spacial score (nSPS) is 15.7. The fourth-order valence-corrected chi connectivity index (χ4v) is 3.76. The number of hydrogen-bond donors (Lipinski definition) is 2. The van der Waals surface area contributed by atoms with E-state index in [0.29, 0.717) is 28.2 Å². The van der Waals surface area contributed by atoms with Crippen LogP contribution < -0.4 is 15.5 Å². The molecule has 1 unspecified atom stereocenters. The molecule has 1 aliphatic rings. The summed E-state index contributed by atoms with van der Waals surface area (Å²) < 4.78 is 0. The van der Waals surface area contributed by atoms with Gasteiger partial charge in [-0.2, -0.15) is 5.26 Å². The highest BCUT2D eigenvalue weighted by Gasteiger charge is 2.36. The molecule has 6 nitrogen and oxygen atoms in total. The first-order valence-electron chi connectivity index (χ1n) is 10.2. The average molecular weight is 422 g/mol. The molecule has 1 atom stereocenters. The lowest BCUT2D eigenvalue weighted by molar-refractivity contribution is -0.113. The monoisotopic (exact) mass is 422 g/mol. The number of urea groups is 1. The molecule has 0 fully saturated rings. The molecule has 3 aromatic carbocycles. The lowest BCUT2D eigenvalue weighted by Crippen LogP contribution is -2.48. The number of nitrogens with one attached hydrogen (secondary N) is 2. The zero-order chi connectivity index (χ0) is 22.7. The summed E-state index contributed by atoms with van der Waals surface area (Å²) in [5.74, 6) is -0.305. The van der Waals surface area contributed by atoms with Crippen molar-refractivity contribution < 1.29 is 9.59 Å². The van der Waals surface area contributed by atoms with Gasteiger partial charge in [-0.05, 0) is 55.8 Å². The van der Waals surface area contributed by atoms with Crippen LogP contribution in [0.3, 0.4) is 0 Å². The van der Waals surface area contributed by atoms with Crippen molar-refractivity contribution in [3.63, 3.8) is 0 Å². The standard InChI is InChI=1S/C26H22N4O2/c1-17-8-14-22(15-9-17)30-18(2)23(25(31)28-21-6-4-3-5-7-21)24(29-26(30)32)20-12-10-19(16-27)11-13-20/h3-15,24H,1-2H3,(H,28,31)(H,29,32). The first kappa shape index (κ1) is 20.9. The lowest BCUT2D eigenvalue weighted by atomic mass is 9.93. The van der Waals surface area contributed by atoms with E-state index in [1.54, 1.807) is 31.2 Å². The summed E-state index contributed by atoms with van der Waals surface area (Å²) in [6.45, 7) is 3.75. The summed E-state index contributed by atoms with van der Waals surface area (Å²) in [6.07, 6.45) is 0. The Bertz CT molecular complexity index is 1220. The minimum Gasteiger partial charge on any atom is -0.326 e. The van der Waals surface area contributed by atoms with Gasteiger partial charge in [-0.1, -0.05) is 48.0 Å². The summed E-state index contributed by atoms with van der Waals surface area (Å²) >= 11 is 0. The smallest absolute Gasteiger partial charge is 0.326 e. The van der Waals surface area contributed by atoms with Gasteiger partial charge in [-0.25, -0.2) is 4.79 Å². The minimum absolute atomic E-state index is 0.305. The molecule has 1 heterocycles. The molecule has 6 heteroatoms. The number of benzene rings is 3. The zero-order valence-electron chi connectivity index (χ0n) is 17.8. The summed E-state index contributed by atoms with van der Waals surface area (Å²) in [5.41, 5.74) is 4.61. The molecule has 0 aliphatic carbocycles. The highest BCUT2D eigenvalue weighted by atomic mass is 16.2. The topological polar surface area (TPSA) is 85.2 Å². The van der Waals surface area contributed by atoms with Gasteiger partial charge in [-0.15, -0.1) is 0 Å². The van der Waals surface area contributed by atoms with Crippen LogP contribution in [0.1, 0.15) is 29.7 Å². The molecule has 0 spiro atoms. The second-order valence-corrected chi connectivity index (χ2v) is 7.61. The van der Waals surface area contributed by atoms with Crippen LogP contribution >= 0.6 is 0 Å². The van der Waals surface area contributed by atoms with Gasteiger partial charge >= 0.3 is 6.03 Å². The number of nitriles is 1. The van der Waals surface area contributed by atoms with Gasteiger partial charge in [0.15, 0.2) is 0 Å². The van der Waals surface area contributed by atoms with E-state index in [1.807, 2.05) is 61.5 Å². The van der Waals surface area contributed by atoms with Crippen molar-refractivity contribution in [2.24, 2.45) is 0 Å². The molecule has 0 saturated heterocycles. The second kappa shape index (κ2) is 8.78. The van der Waals surface area contributed by atoms with Crippen molar-refractivity contribution in [3.8, 4) is 6.07 Å². The van der Waals surface area contributed by atoms with E-state index in [-0.39, 0.29) is 11.9 Å². The predicted octanol–water partition coefficient (Wildman–Crippen LogP) is 5.05. The third-order valence-corrected chi connectivity index (χ3v) is 5.43. The number of carbonyl (C=O) groups is 2. The average Bonchev–Trinajstić information content (AvgIpc) is 2.80. The Hall–Kier alpha value is -4.37. The molecule has 0 aromatic heterocycles. The van der Waals surface area contributed by atoms with Crippen LogP contribution in [0.15, 0.2) is 90.1 Å². The number of allylic oxidation sites excluding steroid dienone is 1. The number of hydrogen-bond acceptors (Lipinski definition) is 3. The number of aryl methyl sites for hydroxylation is 1. The van der Waals surface area contributed by atoms with Crippen LogP contribution in [0, 0.1) is 18.3 Å². The van der Waals surface area contributed by atoms with Crippen LogP contribution in [-0.2, 0) is 4.79 Å². The van der Waals surface area contributed by atoms with Gasteiger partial charge in [0.1, 0.15) is 0 Å². The van der Waals surface area contributed by atoms with Gasteiger partial charge in [0.25, 0.3) is 5.91 Å². The minimum atomic E-state index is -0.652. The van der Waals surface area contributed by atoms with E-state index in [1.165, 1.54) is 4.90 Å². The van der Waals surface area contributed by atoms with Crippen molar-refractivity contribution in [1.29, 1.82) is 5.26 Å². The largest absolute Gasteiger partial charge is 0.326 e. The summed E-state index contributed by atoms with van der Waals surface area (Å²) in [5, 5.41) is 15.0. The van der Waals surface area contributed by atoms with Crippen LogP contribution in [0.2, 0.25) is 0 Å². The van der Waals surface area contributed by atoms with E-state index in [0.717, 1.165) is 11.1 Å². The highest BCUT2D eigenvalue weighted by molar-refractivity contribution is 6.09. The quantitative estimate of drug-likeness (QED) is 0.617. The number of amides is 3. The Morgan fingerprint density at radius 3 is 2.25 bits per heavy atom. The number of anilines is 2. The number of para-hydroxylation sites is 1. The van der Waals surface area contributed by atoms with Crippen molar-refractivity contribution in [2.45, 2.75) is 19.9 Å². The predicted molar refractivity (Wildman–Crippen MR) is 124 cm³/mol. The van der Waals surface area contributed by atoms with E-state index in [9.17, 15) is 9.59 Å². The summed E-state index contributed by atoms with van der Waals surface area (Å²) in [7, 11) is 0. The molecule has 2 N–H and O–H groups in total. The van der Waals surface area contributed by atoms with Gasteiger partial charge in [0.2, 0.25) is 0 Å². The third-order valence-electron chi connectivity index (χ3n) is 5.43. The Morgan fingerprint density at radius 1 is 0.969 bits per heavy atom. The molecule has 0 bridgehead atoms. The van der Waals surface area contributed by atoms with Crippen LogP contribution in [0.5, 0.6) is 0 Å². The maximum atomic E-state index is 13.4. The van der Waals surface area contributed by atoms with Crippen LogP contribution in [0.4, 0.5) is 16.2 Å². The fraction of sp³-hybridized carbons (Fsp3) is 0.115. The van der Waals surface area contributed by atoms with Crippen molar-refractivity contribution in [3.05, 3.63) is 107 Å². The van der Waals surface area contributed by atoms with E-state index in [4.69, 9.17) is 5.26 Å². The first-order chi connectivity index (χ1) is 15.5. The molecule has 0 radical (unpaired) electrons. The second-order valence-electron chi connectivity index (χ2n) is 7.61. The molecule has 1 aliphatic heterocycles. The Kier molecular flexibility index (Phi) is 5.73. The fourth-order valence-electron chi connectivity index (χ4n) is 3.76. The van der Waals surface area contributed by atoms with Gasteiger partial charge in [0, 0.05) is 11.4 Å². The molecule has 3 amide bonds. The van der Waals surface area contributed by atoms with E-state index < -0.39 is 6.04 Å². The molecule has 4 rings (SSSR count). The van der Waals surface area contributed by atoms with Crippen molar-refractivity contribution >= 4 is 23.3 Å². The van der Waals surface area contributed by atoms with Crippen LogP contribution in [0.25, 0.3) is 0 Å². The number of rotatable bonds is 4. The zero-order valence-corrected chi connectivity index (χ0v) is 17.8. The van der Waals surface area contributed by atoms with Gasteiger partial charge in [0.05, 0.1) is 28.9 Å². The summed E-state index contributed by atoms with van der Waals surface area (Å²) in [4.78, 5) is 28.1. The van der Waals surface area contributed by atoms with Crippen LogP contribution in [-0.4, -0.2) is 11.9 Å². The van der Waals surface area contributed by atoms with Gasteiger partial charge in [-0.3, -0.25) is 9.69 Å². The molecule has 3 aromatic rings.